The second kappa shape index (κ2) is 6.18. The number of carbonyl (C=O) groups is 1. The van der Waals surface area contributed by atoms with E-state index >= 15 is 0 Å². The zero-order valence-corrected chi connectivity index (χ0v) is 11.1. The first-order valence-corrected chi connectivity index (χ1v) is 6.44. The SMILES string of the molecule is CCCCC(O)(CC)C(=O)c1ccc(Cl)cc1. The van der Waals surface area contributed by atoms with Gasteiger partial charge in [-0.25, -0.2) is 0 Å². The van der Waals surface area contributed by atoms with Gasteiger partial charge < -0.3 is 5.11 Å². The van der Waals surface area contributed by atoms with Crippen LogP contribution in [0.1, 0.15) is 49.9 Å². The van der Waals surface area contributed by atoms with Crippen molar-refractivity contribution in [1.82, 2.24) is 0 Å². The van der Waals surface area contributed by atoms with E-state index in [1.54, 1.807) is 24.3 Å². The molecule has 1 atom stereocenters. The van der Waals surface area contributed by atoms with Crippen molar-refractivity contribution < 1.29 is 9.90 Å². The zero-order valence-electron chi connectivity index (χ0n) is 10.4. The molecule has 0 spiro atoms. The summed E-state index contributed by atoms with van der Waals surface area (Å²) in [6, 6.07) is 6.67. The maximum atomic E-state index is 12.2. The molecule has 1 aromatic carbocycles. The molecule has 2 nitrogen and oxygen atoms in total. The first kappa shape index (κ1) is 14.2. The van der Waals surface area contributed by atoms with Crippen LogP contribution in [-0.4, -0.2) is 16.5 Å². The van der Waals surface area contributed by atoms with Crippen LogP contribution in [0.15, 0.2) is 24.3 Å². The fourth-order valence-corrected chi connectivity index (χ4v) is 1.92. The first-order chi connectivity index (χ1) is 8.03. The molecule has 94 valence electrons. The summed E-state index contributed by atoms with van der Waals surface area (Å²) in [6.07, 6.45) is 2.77. The highest BCUT2D eigenvalue weighted by Crippen LogP contribution is 2.24. The highest BCUT2D eigenvalue weighted by atomic mass is 35.5. The van der Waals surface area contributed by atoms with Crippen LogP contribution in [-0.2, 0) is 0 Å². The molecule has 1 rings (SSSR count). The number of ketones is 1. The van der Waals surface area contributed by atoms with Crippen LogP contribution in [0.25, 0.3) is 0 Å². The minimum Gasteiger partial charge on any atom is -0.382 e. The highest BCUT2D eigenvalue weighted by molar-refractivity contribution is 6.30. The Bertz CT molecular complexity index is 372. The van der Waals surface area contributed by atoms with Crippen molar-refractivity contribution >= 4 is 17.4 Å². The molecule has 0 aliphatic rings. The number of halogens is 1. The van der Waals surface area contributed by atoms with Crippen molar-refractivity contribution in [2.75, 3.05) is 0 Å². The maximum absolute atomic E-state index is 12.2. The van der Waals surface area contributed by atoms with Crippen LogP contribution in [0.2, 0.25) is 5.02 Å². The summed E-state index contributed by atoms with van der Waals surface area (Å²) in [5.74, 6) is -0.204. The topological polar surface area (TPSA) is 37.3 Å². The molecule has 0 fully saturated rings. The van der Waals surface area contributed by atoms with Gasteiger partial charge in [-0.05, 0) is 37.1 Å². The number of aliphatic hydroxyl groups is 1. The smallest absolute Gasteiger partial charge is 0.194 e. The van der Waals surface area contributed by atoms with Gasteiger partial charge >= 0.3 is 0 Å². The molecule has 17 heavy (non-hydrogen) atoms. The Balaban J connectivity index is 2.88. The van der Waals surface area contributed by atoms with E-state index in [9.17, 15) is 9.90 Å². The van der Waals surface area contributed by atoms with E-state index in [1.807, 2.05) is 13.8 Å². The van der Waals surface area contributed by atoms with Crippen LogP contribution < -0.4 is 0 Å². The molecule has 1 aromatic rings. The Hall–Kier alpha value is -0.860. The van der Waals surface area contributed by atoms with Gasteiger partial charge in [0.2, 0.25) is 0 Å². The molecule has 3 heteroatoms. The molecule has 1 unspecified atom stereocenters. The van der Waals surface area contributed by atoms with Crippen molar-refractivity contribution in [2.24, 2.45) is 0 Å². The summed E-state index contributed by atoms with van der Waals surface area (Å²) in [6.45, 7) is 3.88. The van der Waals surface area contributed by atoms with Crippen LogP contribution in [0, 0.1) is 0 Å². The monoisotopic (exact) mass is 254 g/mol. The van der Waals surface area contributed by atoms with Gasteiger partial charge in [0.15, 0.2) is 5.78 Å². The molecule has 0 saturated carbocycles. The third-order valence-electron chi connectivity index (χ3n) is 3.06. The standard InChI is InChI=1S/C14H19ClO2/c1-3-5-10-14(17,4-2)13(16)11-6-8-12(15)9-7-11/h6-9,17H,3-5,10H2,1-2H3. The normalized spacial score (nSPS) is 14.4. The lowest BCUT2D eigenvalue weighted by Gasteiger charge is -2.25. The number of hydrogen-bond acceptors (Lipinski definition) is 2. The lowest BCUT2D eigenvalue weighted by Crippen LogP contribution is -2.37. The van der Waals surface area contributed by atoms with E-state index in [0.717, 1.165) is 12.8 Å². The molecule has 0 heterocycles. The predicted octanol–water partition coefficient (Wildman–Crippen LogP) is 3.85. The number of Topliss-reactive ketones (excluding diaryl/α,β-unsaturated/α-hetero) is 1. The van der Waals surface area contributed by atoms with Gasteiger partial charge in [-0.15, -0.1) is 0 Å². The number of benzene rings is 1. The van der Waals surface area contributed by atoms with Crippen molar-refractivity contribution in [1.29, 1.82) is 0 Å². The van der Waals surface area contributed by atoms with Gasteiger partial charge in [0.25, 0.3) is 0 Å². The molecule has 1 N–H and O–H groups in total. The van der Waals surface area contributed by atoms with Gasteiger partial charge in [-0.1, -0.05) is 38.3 Å². The lowest BCUT2D eigenvalue weighted by molar-refractivity contribution is 0.0240. The van der Waals surface area contributed by atoms with Crippen molar-refractivity contribution in [2.45, 2.75) is 45.1 Å². The highest BCUT2D eigenvalue weighted by Gasteiger charge is 2.33. The molecule has 0 bridgehead atoms. The van der Waals surface area contributed by atoms with Crippen LogP contribution >= 0.6 is 11.6 Å². The zero-order chi connectivity index (χ0) is 12.9. The van der Waals surface area contributed by atoms with E-state index in [2.05, 4.69) is 0 Å². The van der Waals surface area contributed by atoms with Crippen molar-refractivity contribution in [3.8, 4) is 0 Å². The lowest BCUT2D eigenvalue weighted by atomic mass is 9.86. The van der Waals surface area contributed by atoms with Crippen molar-refractivity contribution in [3.05, 3.63) is 34.9 Å². The molecular formula is C14H19ClO2. The fourth-order valence-electron chi connectivity index (χ4n) is 1.79. The van der Waals surface area contributed by atoms with Gasteiger partial charge in [-0.3, -0.25) is 4.79 Å². The molecular weight excluding hydrogens is 236 g/mol. The number of carbonyl (C=O) groups excluding carboxylic acids is 1. The average molecular weight is 255 g/mol. The van der Waals surface area contributed by atoms with E-state index in [1.165, 1.54) is 0 Å². The fraction of sp³-hybridized carbons (Fsp3) is 0.500. The van der Waals surface area contributed by atoms with E-state index in [4.69, 9.17) is 11.6 Å². The summed E-state index contributed by atoms with van der Waals surface area (Å²) in [5.41, 5.74) is -0.709. The van der Waals surface area contributed by atoms with Gasteiger partial charge in [0.1, 0.15) is 5.60 Å². The summed E-state index contributed by atoms with van der Waals surface area (Å²) >= 11 is 5.77. The Labute approximate surface area is 108 Å². The second-order valence-corrected chi connectivity index (χ2v) is 4.76. The van der Waals surface area contributed by atoms with Gasteiger partial charge in [0.05, 0.1) is 0 Å². The van der Waals surface area contributed by atoms with E-state index in [0.29, 0.717) is 23.4 Å². The molecule has 0 amide bonds. The number of rotatable bonds is 6. The Kier molecular flexibility index (Phi) is 5.16. The minimum atomic E-state index is -1.23. The molecule has 0 radical (unpaired) electrons. The largest absolute Gasteiger partial charge is 0.382 e. The summed E-state index contributed by atoms with van der Waals surface area (Å²) in [5, 5.41) is 11.0. The third kappa shape index (κ3) is 3.55. The van der Waals surface area contributed by atoms with Crippen molar-refractivity contribution in [3.63, 3.8) is 0 Å². The van der Waals surface area contributed by atoms with Gasteiger partial charge in [-0.2, -0.15) is 0 Å². The summed E-state index contributed by atoms with van der Waals surface area (Å²) in [7, 11) is 0. The summed E-state index contributed by atoms with van der Waals surface area (Å²) in [4.78, 5) is 12.2. The maximum Gasteiger partial charge on any atom is 0.194 e. The molecule has 0 aliphatic carbocycles. The number of hydrogen-bond donors (Lipinski definition) is 1. The first-order valence-electron chi connectivity index (χ1n) is 6.06. The third-order valence-corrected chi connectivity index (χ3v) is 3.31. The Morgan fingerprint density at radius 3 is 2.35 bits per heavy atom. The van der Waals surface area contributed by atoms with Crippen LogP contribution in [0.4, 0.5) is 0 Å². The Morgan fingerprint density at radius 1 is 1.29 bits per heavy atom. The molecule has 0 aliphatic heterocycles. The van der Waals surface area contributed by atoms with Gasteiger partial charge in [0, 0.05) is 10.6 Å². The van der Waals surface area contributed by atoms with Crippen LogP contribution in [0.5, 0.6) is 0 Å². The molecule has 0 saturated heterocycles. The predicted molar refractivity (Wildman–Crippen MR) is 70.5 cm³/mol. The quantitative estimate of drug-likeness (QED) is 0.783. The van der Waals surface area contributed by atoms with E-state index < -0.39 is 5.60 Å². The minimum absolute atomic E-state index is 0.204. The average Bonchev–Trinajstić information content (AvgIpc) is 2.36. The molecule has 0 aromatic heterocycles. The summed E-state index contributed by atoms with van der Waals surface area (Å²) < 4.78 is 0. The van der Waals surface area contributed by atoms with Crippen LogP contribution in [0.3, 0.4) is 0 Å². The van der Waals surface area contributed by atoms with E-state index in [-0.39, 0.29) is 5.78 Å². The second-order valence-electron chi connectivity index (χ2n) is 4.32. The number of unbranched alkanes of at least 4 members (excludes halogenated alkanes) is 1. The Morgan fingerprint density at radius 2 is 1.88 bits per heavy atom.